The number of hydrogen-bond acceptors (Lipinski definition) is 4. The highest BCUT2D eigenvalue weighted by Crippen LogP contribution is 2.36. The lowest BCUT2D eigenvalue weighted by Gasteiger charge is -2.27. The highest BCUT2D eigenvalue weighted by atomic mass is 16.5. The summed E-state index contributed by atoms with van der Waals surface area (Å²) in [6, 6.07) is 20.1. The predicted octanol–water partition coefficient (Wildman–Crippen LogP) is 6.02. The molecule has 1 heterocycles. The number of aromatic hydroxyl groups is 2. The van der Waals surface area contributed by atoms with Crippen LogP contribution in [-0.4, -0.2) is 41.4 Å². The SMILES string of the molecule is Oc1ccc2c(c1)CCC(c1ccc(O)cc1CCc1ccc(OCCN3CCCCC3)cc1)C2. The second-order valence-corrected chi connectivity index (χ2v) is 10.2. The third-order valence-corrected chi connectivity index (χ3v) is 7.72. The molecule has 1 aliphatic carbocycles. The molecule has 2 N–H and O–H groups in total. The summed E-state index contributed by atoms with van der Waals surface area (Å²) in [5.74, 6) is 2.07. The zero-order valence-electron chi connectivity index (χ0n) is 20.6. The van der Waals surface area contributed by atoms with Crippen molar-refractivity contribution in [2.75, 3.05) is 26.2 Å². The Morgan fingerprint density at radius 2 is 1.57 bits per heavy atom. The molecule has 0 spiro atoms. The molecule has 0 aromatic heterocycles. The lowest BCUT2D eigenvalue weighted by molar-refractivity contribution is 0.183. The first-order valence-corrected chi connectivity index (χ1v) is 13.2. The van der Waals surface area contributed by atoms with Crippen molar-refractivity contribution in [3.8, 4) is 17.2 Å². The minimum absolute atomic E-state index is 0.335. The van der Waals surface area contributed by atoms with E-state index in [-0.39, 0.29) is 0 Å². The summed E-state index contributed by atoms with van der Waals surface area (Å²) >= 11 is 0. The van der Waals surface area contributed by atoms with Gasteiger partial charge in [0.05, 0.1) is 0 Å². The van der Waals surface area contributed by atoms with Crippen LogP contribution in [0, 0.1) is 0 Å². The van der Waals surface area contributed by atoms with Gasteiger partial charge in [-0.05, 0) is 128 Å². The third-order valence-electron chi connectivity index (χ3n) is 7.72. The number of aryl methyl sites for hydroxylation is 3. The summed E-state index contributed by atoms with van der Waals surface area (Å²) < 4.78 is 5.99. The molecule has 3 aromatic carbocycles. The topological polar surface area (TPSA) is 52.9 Å². The maximum atomic E-state index is 10.2. The third kappa shape index (κ3) is 6.18. The van der Waals surface area contributed by atoms with Crippen LogP contribution < -0.4 is 4.74 Å². The number of benzene rings is 3. The number of nitrogens with zero attached hydrogens (tertiary/aromatic N) is 1. The molecule has 2 aliphatic rings. The Kier molecular flexibility index (Phi) is 7.58. The summed E-state index contributed by atoms with van der Waals surface area (Å²) in [7, 11) is 0. The number of phenolic OH excluding ortho intramolecular Hbond substituents is 2. The number of likely N-dealkylation sites (tertiary alicyclic amines) is 1. The Morgan fingerprint density at radius 1 is 0.800 bits per heavy atom. The molecular weight excluding hydrogens is 434 g/mol. The van der Waals surface area contributed by atoms with Crippen molar-refractivity contribution in [3.05, 3.63) is 88.5 Å². The van der Waals surface area contributed by atoms with Crippen LogP contribution in [-0.2, 0) is 25.7 Å². The first-order chi connectivity index (χ1) is 17.1. The van der Waals surface area contributed by atoms with Gasteiger partial charge in [0.15, 0.2) is 0 Å². The monoisotopic (exact) mass is 471 g/mol. The highest BCUT2D eigenvalue weighted by Gasteiger charge is 2.22. The number of rotatable bonds is 8. The fraction of sp³-hybridized carbons (Fsp3) is 0.419. The second kappa shape index (κ2) is 11.2. The molecule has 0 radical (unpaired) electrons. The van der Waals surface area contributed by atoms with Crippen LogP contribution in [0.25, 0.3) is 0 Å². The molecule has 1 aliphatic heterocycles. The highest BCUT2D eigenvalue weighted by molar-refractivity contribution is 5.43. The maximum absolute atomic E-state index is 10.2. The lowest BCUT2D eigenvalue weighted by Crippen LogP contribution is -2.33. The fourth-order valence-corrected chi connectivity index (χ4v) is 5.72. The molecule has 1 fully saturated rings. The van der Waals surface area contributed by atoms with Crippen molar-refractivity contribution < 1.29 is 14.9 Å². The average Bonchev–Trinajstić information content (AvgIpc) is 2.89. The van der Waals surface area contributed by atoms with Gasteiger partial charge < -0.3 is 14.9 Å². The van der Waals surface area contributed by atoms with E-state index in [4.69, 9.17) is 4.74 Å². The molecule has 4 heteroatoms. The van der Waals surface area contributed by atoms with Gasteiger partial charge in [-0.15, -0.1) is 0 Å². The molecule has 0 amide bonds. The number of phenols is 2. The molecule has 0 saturated carbocycles. The number of fused-ring (bicyclic) bond motifs is 1. The van der Waals surface area contributed by atoms with E-state index in [0.29, 0.717) is 17.4 Å². The van der Waals surface area contributed by atoms with Gasteiger partial charge >= 0.3 is 0 Å². The Bertz CT molecular complexity index is 1120. The van der Waals surface area contributed by atoms with Crippen LogP contribution in [0.3, 0.4) is 0 Å². The summed E-state index contributed by atoms with van der Waals surface area (Å²) in [4.78, 5) is 2.50. The Hall–Kier alpha value is -2.98. The zero-order valence-corrected chi connectivity index (χ0v) is 20.6. The molecule has 4 nitrogen and oxygen atoms in total. The van der Waals surface area contributed by atoms with Crippen molar-refractivity contribution in [1.82, 2.24) is 4.90 Å². The van der Waals surface area contributed by atoms with Crippen LogP contribution in [0.15, 0.2) is 60.7 Å². The second-order valence-electron chi connectivity index (χ2n) is 10.2. The van der Waals surface area contributed by atoms with E-state index in [1.165, 1.54) is 60.2 Å². The molecule has 184 valence electrons. The number of hydrogen-bond donors (Lipinski definition) is 2. The van der Waals surface area contributed by atoms with E-state index in [9.17, 15) is 10.2 Å². The minimum Gasteiger partial charge on any atom is -0.508 e. The molecule has 1 saturated heterocycles. The first kappa shape index (κ1) is 23.7. The quantitative estimate of drug-likeness (QED) is 0.422. The van der Waals surface area contributed by atoms with Crippen molar-refractivity contribution in [2.24, 2.45) is 0 Å². The van der Waals surface area contributed by atoms with Crippen molar-refractivity contribution in [3.63, 3.8) is 0 Å². The van der Waals surface area contributed by atoms with Gasteiger partial charge in [-0.1, -0.05) is 30.7 Å². The molecule has 1 atom stereocenters. The Morgan fingerprint density at radius 3 is 2.40 bits per heavy atom. The standard InChI is InChI=1S/C31H37NO3/c33-28-11-10-24-20-26(9-8-25(24)21-28)31-15-12-29(34)22-27(31)7-4-23-5-13-30(14-6-23)35-19-18-32-16-2-1-3-17-32/h5-6,10-15,21-22,26,33-34H,1-4,7-9,16-20H2. The van der Waals surface area contributed by atoms with E-state index in [0.717, 1.165) is 51.0 Å². The zero-order chi connectivity index (χ0) is 24.0. The van der Waals surface area contributed by atoms with Gasteiger partial charge in [-0.3, -0.25) is 4.90 Å². The van der Waals surface area contributed by atoms with E-state index < -0.39 is 0 Å². The molecule has 35 heavy (non-hydrogen) atoms. The van der Waals surface area contributed by atoms with Crippen LogP contribution in [0.5, 0.6) is 17.2 Å². The van der Waals surface area contributed by atoms with Crippen molar-refractivity contribution in [1.29, 1.82) is 0 Å². The van der Waals surface area contributed by atoms with Gasteiger partial charge in [-0.25, -0.2) is 0 Å². The van der Waals surface area contributed by atoms with Gasteiger partial charge in [0.2, 0.25) is 0 Å². The van der Waals surface area contributed by atoms with E-state index in [1.54, 1.807) is 6.07 Å². The summed E-state index contributed by atoms with van der Waals surface area (Å²) in [5, 5.41) is 20.0. The molecular formula is C31H37NO3. The van der Waals surface area contributed by atoms with Crippen molar-refractivity contribution >= 4 is 0 Å². The summed E-state index contributed by atoms with van der Waals surface area (Å²) in [6.45, 7) is 4.16. The van der Waals surface area contributed by atoms with Gasteiger partial charge in [-0.2, -0.15) is 0 Å². The minimum atomic E-state index is 0.335. The number of ether oxygens (including phenoxy) is 1. The van der Waals surface area contributed by atoms with Gasteiger partial charge in [0.25, 0.3) is 0 Å². The average molecular weight is 472 g/mol. The smallest absolute Gasteiger partial charge is 0.119 e. The molecule has 0 bridgehead atoms. The molecule has 1 unspecified atom stereocenters. The summed E-state index contributed by atoms with van der Waals surface area (Å²) in [6.07, 6.45) is 8.85. The van der Waals surface area contributed by atoms with E-state index >= 15 is 0 Å². The normalized spacial score (nSPS) is 18.2. The van der Waals surface area contributed by atoms with E-state index in [2.05, 4.69) is 41.3 Å². The Labute approximate surface area is 209 Å². The predicted molar refractivity (Wildman–Crippen MR) is 141 cm³/mol. The largest absolute Gasteiger partial charge is 0.508 e. The van der Waals surface area contributed by atoms with Crippen LogP contribution in [0.4, 0.5) is 0 Å². The van der Waals surface area contributed by atoms with Crippen LogP contribution in [0.2, 0.25) is 0 Å². The lowest BCUT2D eigenvalue weighted by atomic mass is 9.78. The van der Waals surface area contributed by atoms with E-state index in [1.807, 2.05) is 18.2 Å². The van der Waals surface area contributed by atoms with Gasteiger partial charge in [0.1, 0.15) is 23.9 Å². The van der Waals surface area contributed by atoms with Crippen LogP contribution in [0.1, 0.15) is 59.4 Å². The first-order valence-electron chi connectivity index (χ1n) is 13.2. The number of piperidine rings is 1. The van der Waals surface area contributed by atoms with Crippen LogP contribution >= 0.6 is 0 Å². The molecule has 5 rings (SSSR count). The maximum Gasteiger partial charge on any atom is 0.119 e. The molecule has 3 aromatic rings. The van der Waals surface area contributed by atoms with Crippen molar-refractivity contribution in [2.45, 2.75) is 57.3 Å². The fourth-order valence-electron chi connectivity index (χ4n) is 5.72. The Balaban J connectivity index is 1.18. The summed E-state index contributed by atoms with van der Waals surface area (Å²) in [5.41, 5.74) is 6.46. The van der Waals surface area contributed by atoms with Gasteiger partial charge in [0, 0.05) is 6.54 Å².